The van der Waals surface area contributed by atoms with E-state index in [0.29, 0.717) is 11.7 Å². The van der Waals surface area contributed by atoms with E-state index in [9.17, 15) is 5.26 Å². The van der Waals surface area contributed by atoms with Crippen LogP contribution < -0.4 is 5.73 Å². The number of hydrogen-bond acceptors (Lipinski definition) is 5. The molecule has 1 atom stereocenters. The van der Waals surface area contributed by atoms with Crippen molar-refractivity contribution in [2.24, 2.45) is 13.0 Å². The molecule has 0 radical (unpaired) electrons. The number of nitriles is 1. The minimum Gasteiger partial charge on any atom is -0.384 e. The molecule has 0 aliphatic carbocycles. The SMILES string of the molecule is Cn1cc(-c2cnn3c(N)cc(CC4CCCB(C#N)C4)nc23)cn1. The van der Waals surface area contributed by atoms with Crippen LogP contribution >= 0.6 is 0 Å². The fourth-order valence-corrected chi connectivity index (χ4v) is 3.80. The van der Waals surface area contributed by atoms with E-state index in [0.717, 1.165) is 54.4 Å². The first-order chi connectivity index (χ1) is 12.1. The average Bonchev–Trinajstić information content (AvgIpc) is 3.21. The molecule has 7 nitrogen and oxygen atoms in total. The molecule has 3 aromatic rings. The highest BCUT2D eigenvalue weighted by molar-refractivity contribution is 6.67. The summed E-state index contributed by atoms with van der Waals surface area (Å²) in [5, 5.41) is 17.8. The van der Waals surface area contributed by atoms with E-state index < -0.39 is 0 Å². The molecule has 0 spiro atoms. The van der Waals surface area contributed by atoms with Gasteiger partial charge in [-0.3, -0.25) is 4.68 Å². The van der Waals surface area contributed by atoms with Crippen LogP contribution in [0.1, 0.15) is 18.5 Å². The Morgan fingerprint density at radius 2 is 2.28 bits per heavy atom. The first-order valence-electron chi connectivity index (χ1n) is 8.66. The molecule has 25 heavy (non-hydrogen) atoms. The van der Waals surface area contributed by atoms with Gasteiger partial charge in [0.2, 0.25) is 0 Å². The highest BCUT2D eigenvalue weighted by Gasteiger charge is 2.26. The molecule has 1 aliphatic heterocycles. The predicted molar refractivity (Wildman–Crippen MR) is 97.0 cm³/mol. The standard InChI is InChI=1S/C17H20BN7/c1-24-10-13(8-21-24)15-9-22-25-16(20)6-14(23-17(15)25)5-12-3-2-4-18(7-12)11-19/h6,8-10,12H,2-5,7,20H2,1H3. The van der Waals surface area contributed by atoms with Gasteiger partial charge in [0.05, 0.1) is 12.4 Å². The Morgan fingerprint density at radius 1 is 1.40 bits per heavy atom. The maximum absolute atomic E-state index is 9.19. The summed E-state index contributed by atoms with van der Waals surface area (Å²) in [6.45, 7) is 0.181. The lowest BCUT2D eigenvalue weighted by Gasteiger charge is -2.23. The molecule has 8 heteroatoms. The summed E-state index contributed by atoms with van der Waals surface area (Å²) < 4.78 is 3.43. The highest BCUT2D eigenvalue weighted by Crippen LogP contribution is 2.29. The van der Waals surface area contributed by atoms with Crippen LogP contribution in [0.25, 0.3) is 16.8 Å². The monoisotopic (exact) mass is 333 g/mol. The van der Waals surface area contributed by atoms with Crippen molar-refractivity contribution in [2.75, 3.05) is 5.73 Å². The van der Waals surface area contributed by atoms with Crippen molar-refractivity contribution >= 4 is 18.2 Å². The largest absolute Gasteiger partial charge is 0.384 e. The van der Waals surface area contributed by atoms with Gasteiger partial charge in [-0.05, 0) is 12.3 Å². The molecule has 0 bridgehead atoms. The Kier molecular flexibility index (Phi) is 3.92. The Morgan fingerprint density at radius 3 is 3.04 bits per heavy atom. The summed E-state index contributed by atoms with van der Waals surface area (Å²) in [5.74, 6) is 3.50. The predicted octanol–water partition coefficient (Wildman–Crippen LogP) is 2.22. The van der Waals surface area contributed by atoms with Crippen LogP contribution in [0.4, 0.5) is 5.82 Å². The third-order valence-electron chi connectivity index (χ3n) is 5.03. The van der Waals surface area contributed by atoms with Crippen LogP contribution in [-0.4, -0.2) is 31.1 Å². The van der Waals surface area contributed by atoms with E-state index >= 15 is 0 Å². The van der Waals surface area contributed by atoms with Crippen LogP contribution in [0.5, 0.6) is 0 Å². The third-order valence-corrected chi connectivity index (χ3v) is 5.03. The highest BCUT2D eigenvalue weighted by atomic mass is 15.3. The number of nitrogens with zero attached hydrogens (tertiary/aromatic N) is 6. The zero-order valence-corrected chi connectivity index (χ0v) is 14.3. The van der Waals surface area contributed by atoms with Crippen LogP contribution in [0.2, 0.25) is 12.6 Å². The molecule has 126 valence electrons. The van der Waals surface area contributed by atoms with Crippen molar-refractivity contribution in [3.8, 4) is 17.1 Å². The summed E-state index contributed by atoms with van der Waals surface area (Å²) >= 11 is 0. The lowest BCUT2D eigenvalue weighted by molar-refractivity contribution is 0.493. The minimum atomic E-state index is 0.181. The van der Waals surface area contributed by atoms with E-state index in [-0.39, 0.29) is 6.71 Å². The summed E-state index contributed by atoms with van der Waals surface area (Å²) in [5.41, 5.74) is 9.84. The van der Waals surface area contributed by atoms with Gasteiger partial charge in [0.1, 0.15) is 5.82 Å². The molecule has 0 saturated carbocycles. The average molecular weight is 333 g/mol. The van der Waals surface area contributed by atoms with E-state index in [1.807, 2.05) is 19.3 Å². The summed E-state index contributed by atoms with van der Waals surface area (Å²) in [4.78, 5) is 4.83. The second-order valence-corrected chi connectivity index (χ2v) is 6.93. The molecule has 1 aliphatic rings. The number of aromatic nitrogens is 5. The molecule has 3 aromatic heterocycles. The Bertz CT molecular complexity index is 952. The van der Waals surface area contributed by atoms with Gasteiger partial charge in [-0.15, -0.1) is 0 Å². The maximum Gasteiger partial charge on any atom is 0.268 e. The van der Waals surface area contributed by atoms with Crippen molar-refractivity contribution in [1.29, 1.82) is 5.26 Å². The van der Waals surface area contributed by atoms with Crippen LogP contribution in [-0.2, 0) is 13.5 Å². The first-order valence-corrected chi connectivity index (χ1v) is 8.66. The number of fused-ring (bicyclic) bond motifs is 1. The van der Waals surface area contributed by atoms with Crippen molar-refractivity contribution in [3.63, 3.8) is 0 Å². The third kappa shape index (κ3) is 2.98. The van der Waals surface area contributed by atoms with Gasteiger partial charge in [-0.1, -0.05) is 25.5 Å². The second kappa shape index (κ2) is 6.24. The van der Waals surface area contributed by atoms with Gasteiger partial charge in [0.25, 0.3) is 6.71 Å². The number of nitrogens with two attached hydrogens (primary N) is 1. The molecule has 4 rings (SSSR count). The van der Waals surface area contributed by atoms with Gasteiger partial charge in [-0.2, -0.15) is 14.7 Å². The Hall–Kier alpha value is -2.82. The summed E-state index contributed by atoms with van der Waals surface area (Å²) in [7, 11) is 1.89. The molecule has 0 amide bonds. The summed E-state index contributed by atoms with van der Waals surface area (Å²) in [6.07, 6.45) is 10.6. The number of rotatable bonds is 3. The van der Waals surface area contributed by atoms with Crippen molar-refractivity contribution in [3.05, 3.63) is 30.4 Å². The smallest absolute Gasteiger partial charge is 0.268 e. The maximum atomic E-state index is 9.19. The molecular weight excluding hydrogens is 313 g/mol. The van der Waals surface area contributed by atoms with E-state index in [4.69, 9.17) is 10.7 Å². The number of aryl methyl sites for hydroxylation is 1. The van der Waals surface area contributed by atoms with Gasteiger partial charge < -0.3 is 5.73 Å². The zero-order valence-electron chi connectivity index (χ0n) is 14.3. The topological polar surface area (TPSA) is 97.8 Å². The normalized spacial score (nSPS) is 17.8. The second-order valence-electron chi connectivity index (χ2n) is 6.93. The van der Waals surface area contributed by atoms with Crippen molar-refractivity contribution in [1.82, 2.24) is 24.4 Å². The van der Waals surface area contributed by atoms with Crippen LogP contribution in [0, 0.1) is 17.1 Å². The van der Waals surface area contributed by atoms with E-state index in [1.54, 1.807) is 21.6 Å². The summed E-state index contributed by atoms with van der Waals surface area (Å²) in [6, 6.07) is 1.91. The molecule has 4 heterocycles. The van der Waals surface area contributed by atoms with Gasteiger partial charge >= 0.3 is 0 Å². The fourth-order valence-electron chi connectivity index (χ4n) is 3.80. The molecule has 1 fully saturated rings. The number of nitrogen functional groups attached to an aromatic ring is 1. The molecule has 2 N–H and O–H groups in total. The number of anilines is 1. The first kappa shape index (κ1) is 15.7. The molecule has 1 saturated heterocycles. The molecule has 1 unspecified atom stereocenters. The fraction of sp³-hybridized carbons (Fsp3) is 0.412. The Balaban J connectivity index is 1.67. The quantitative estimate of drug-likeness (QED) is 0.741. The molecule has 0 aromatic carbocycles. The van der Waals surface area contributed by atoms with E-state index in [1.165, 1.54) is 0 Å². The minimum absolute atomic E-state index is 0.181. The number of hydrogen-bond donors (Lipinski definition) is 1. The van der Waals surface area contributed by atoms with Gasteiger partial charge in [0.15, 0.2) is 5.65 Å². The van der Waals surface area contributed by atoms with Crippen molar-refractivity contribution in [2.45, 2.75) is 31.9 Å². The van der Waals surface area contributed by atoms with E-state index in [2.05, 4.69) is 16.2 Å². The lowest BCUT2D eigenvalue weighted by atomic mass is 9.41. The molecular formula is C17H20BN7. The van der Waals surface area contributed by atoms with Gasteiger partial charge in [0, 0.05) is 42.1 Å². The van der Waals surface area contributed by atoms with Crippen LogP contribution in [0.15, 0.2) is 24.7 Å². The van der Waals surface area contributed by atoms with Crippen molar-refractivity contribution < 1.29 is 0 Å². The Labute approximate surface area is 146 Å². The van der Waals surface area contributed by atoms with Gasteiger partial charge in [-0.25, -0.2) is 10.2 Å². The van der Waals surface area contributed by atoms with Crippen LogP contribution in [0.3, 0.4) is 0 Å². The lowest BCUT2D eigenvalue weighted by Crippen LogP contribution is -2.23. The zero-order chi connectivity index (χ0) is 17.4.